The van der Waals surface area contributed by atoms with Crippen molar-refractivity contribution in [2.24, 2.45) is 5.73 Å². The van der Waals surface area contributed by atoms with Gasteiger partial charge in [-0.3, -0.25) is 14.4 Å². The zero-order chi connectivity index (χ0) is 29.2. The summed E-state index contributed by atoms with van der Waals surface area (Å²) in [5, 5.41) is 15.9. The molecular formula is C29H46N4O6. The minimum atomic E-state index is -1.13. The van der Waals surface area contributed by atoms with Gasteiger partial charge in [-0.15, -0.1) is 0 Å². The lowest BCUT2D eigenvalue weighted by atomic mass is 9.94. The minimum absolute atomic E-state index is 0.0145. The lowest BCUT2D eigenvalue weighted by Gasteiger charge is -2.36. The van der Waals surface area contributed by atoms with Crippen LogP contribution in [0.4, 0.5) is 4.79 Å². The Balaban J connectivity index is 2.49. The van der Waals surface area contributed by atoms with Crippen LogP contribution < -0.4 is 16.4 Å². The first kappa shape index (κ1) is 31.9. The Morgan fingerprint density at radius 2 is 1.82 bits per heavy atom. The van der Waals surface area contributed by atoms with E-state index in [9.17, 15) is 24.3 Å². The first-order valence-electron chi connectivity index (χ1n) is 14.0. The maximum absolute atomic E-state index is 14.1. The van der Waals surface area contributed by atoms with E-state index in [1.54, 1.807) is 39.8 Å². The van der Waals surface area contributed by atoms with Crippen molar-refractivity contribution < 1.29 is 29.0 Å². The van der Waals surface area contributed by atoms with Crippen LogP contribution in [0.5, 0.6) is 5.75 Å². The molecule has 0 aliphatic heterocycles. The van der Waals surface area contributed by atoms with Crippen LogP contribution in [0.25, 0.3) is 0 Å². The summed E-state index contributed by atoms with van der Waals surface area (Å²) < 4.78 is 5.36. The average Bonchev–Trinajstić information content (AvgIpc) is 2.85. The molecular weight excluding hydrogens is 500 g/mol. The van der Waals surface area contributed by atoms with Crippen LogP contribution in [0.15, 0.2) is 18.2 Å². The Bertz CT molecular complexity index is 1000. The van der Waals surface area contributed by atoms with Crippen molar-refractivity contribution in [2.45, 2.75) is 116 Å². The summed E-state index contributed by atoms with van der Waals surface area (Å²) in [6.07, 6.45) is 5.34. The van der Waals surface area contributed by atoms with Gasteiger partial charge in [0.15, 0.2) is 0 Å². The van der Waals surface area contributed by atoms with Crippen molar-refractivity contribution in [1.82, 2.24) is 15.5 Å². The second-order valence-corrected chi connectivity index (χ2v) is 11.4. The molecule has 0 bridgehead atoms. The van der Waals surface area contributed by atoms with Crippen LogP contribution in [0.3, 0.4) is 0 Å². The Labute approximate surface area is 232 Å². The number of aryl methyl sites for hydroxylation is 1. The van der Waals surface area contributed by atoms with Crippen molar-refractivity contribution in [2.75, 3.05) is 6.54 Å². The first-order chi connectivity index (χ1) is 18.3. The number of benzene rings is 1. The van der Waals surface area contributed by atoms with Gasteiger partial charge in [0.2, 0.25) is 17.7 Å². The van der Waals surface area contributed by atoms with E-state index in [0.29, 0.717) is 17.5 Å². The highest BCUT2D eigenvalue weighted by molar-refractivity contribution is 5.92. The number of alkyl carbamates (subject to hydrolysis) is 1. The van der Waals surface area contributed by atoms with E-state index in [0.717, 1.165) is 38.5 Å². The molecule has 0 spiro atoms. The normalized spacial score (nSPS) is 15.6. The van der Waals surface area contributed by atoms with Crippen molar-refractivity contribution in [3.63, 3.8) is 0 Å². The summed E-state index contributed by atoms with van der Waals surface area (Å²) in [4.78, 5) is 53.7. The van der Waals surface area contributed by atoms with Crippen LogP contribution in [0.1, 0.15) is 103 Å². The van der Waals surface area contributed by atoms with Crippen LogP contribution in [-0.4, -0.2) is 58.1 Å². The van der Waals surface area contributed by atoms with E-state index < -0.39 is 35.6 Å². The Morgan fingerprint density at radius 3 is 2.38 bits per heavy atom. The summed E-state index contributed by atoms with van der Waals surface area (Å²) in [6, 6.07) is 2.73. The molecule has 2 unspecified atom stereocenters. The third kappa shape index (κ3) is 10.4. The zero-order valence-corrected chi connectivity index (χ0v) is 24.0. The molecule has 5 N–H and O–H groups in total. The van der Waals surface area contributed by atoms with Crippen LogP contribution >= 0.6 is 0 Å². The number of rotatable bonds is 12. The van der Waals surface area contributed by atoms with Gasteiger partial charge < -0.3 is 31.1 Å². The molecule has 0 saturated heterocycles. The maximum Gasteiger partial charge on any atom is 0.408 e. The lowest BCUT2D eigenvalue weighted by Crippen LogP contribution is -2.54. The lowest BCUT2D eigenvalue weighted by molar-refractivity contribution is -0.143. The number of carbonyl (C=O) groups is 4. The van der Waals surface area contributed by atoms with Gasteiger partial charge in [-0.2, -0.15) is 0 Å². The SMILES string of the molecule is CCCCN(C(=O)C(CCC(N)=O)NC(=O)OC(C)(C)C)C(C(=O)NC1CCCCC1)c1ccc(O)c(C)c1. The zero-order valence-electron chi connectivity index (χ0n) is 24.0. The second-order valence-electron chi connectivity index (χ2n) is 11.4. The highest BCUT2D eigenvalue weighted by atomic mass is 16.6. The molecule has 2 atom stereocenters. The third-order valence-corrected chi connectivity index (χ3v) is 6.75. The molecule has 1 aromatic rings. The molecule has 0 radical (unpaired) electrons. The molecule has 1 saturated carbocycles. The number of hydrogen-bond donors (Lipinski definition) is 4. The first-order valence-corrected chi connectivity index (χ1v) is 14.0. The molecule has 1 fully saturated rings. The van der Waals surface area contributed by atoms with Gasteiger partial charge in [0.05, 0.1) is 0 Å². The molecule has 4 amide bonds. The molecule has 0 heterocycles. The summed E-state index contributed by atoms with van der Waals surface area (Å²) in [5.74, 6) is -1.35. The van der Waals surface area contributed by atoms with Crippen molar-refractivity contribution in [1.29, 1.82) is 0 Å². The van der Waals surface area contributed by atoms with Gasteiger partial charge in [0, 0.05) is 19.0 Å². The fourth-order valence-electron chi connectivity index (χ4n) is 4.74. The highest BCUT2D eigenvalue weighted by Crippen LogP contribution is 2.29. The molecule has 218 valence electrons. The number of unbranched alkanes of at least 4 members (excludes halogenated alkanes) is 1. The van der Waals surface area contributed by atoms with Crippen LogP contribution in [0.2, 0.25) is 0 Å². The molecule has 2 rings (SSSR count). The number of aromatic hydroxyl groups is 1. The number of nitrogens with one attached hydrogen (secondary N) is 2. The fourth-order valence-corrected chi connectivity index (χ4v) is 4.74. The highest BCUT2D eigenvalue weighted by Gasteiger charge is 2.37. The fraction of sp³-hybridized carbons (Fsp3) is 0.655. The molecule has 1 aliphatic carbocycles. The number of phenols is 1. The maximum atomic E-state index is 14.1. The second kappa shape index (κ2) is 14.7. The number of hydrogen-bond acceptors (Lipinski definition) is 6. The standard InChI is InChI=1S/C29H46N4O6/c1-6-7-17-33(27(37)22(14-16-24(30)35)32-28(38)39-29(3,4)5)25(20-13-15-23(34)19(2)18-20)26(36)31-21-11-9-8-10-12-21/h13,15,18,21-22,25,34H,6-12,14,16-17H2,1-5H3,(H2,30,35)(H,31,36)(H,32,38). The summed E-state index contributed by atoms with van der Waals surface area (Å²) in [6.45, 7) is 9.08. The smallest absolute Gasteiger partial charge is 0.408 e. The Kier molecular flexibility index (Phi) is 12.1. The molecule has 10 heteroatoms. The number of nitrogens with two attached hydrogens (primary N) is 1. The van der Waals surface area contributed by atoms with E-state index in [2.05, 4.69) is 10.6 Å². The van der Waals surface area contributed by atoms with E-state index in [1.807, 2.05) is 6.92 Å². The largest absolute Gasteiger partial charge is 0.508 e. The number of ether oxygens (including phenoxy) is 1. The average molecular weight is 547 g/mol. The number of carbonyl (C=O) groups excluding carboxylic acids is 4. The minimum Gasteiger partial charge on any atom is -0.508 e. The monoisotopic (exact) mass is 546 g/mol. The summed E-state index contributed by atoms with van der Waals surface area (Å²) in [7, 11) is 0. The topological polar surface area (TPSA) is 151 Å². The number of amides is 4. The van der Waals surface area contributed by atoms with Gasteiger partial charge >= 0.3 is 6.09 Å². The van der Waals surface area contributed by atoms with Gasteiger partial charge in [-0.25, -0.2) is 4.79 Å². The van der Waals surface area contributed by atoms with Crippen LogP contribution in [-0.2, 0) is 19.1 Å². The van der Waals surface area contributed by atoms with Gasteiger partial charge in [0.25, 0.3) is 0 Å². The Morgan fingerprint density at radius 1 is 1.15 bits per heavy atom. The van der Waals surface area contributed by atoms with E-state index >= 15 is 0 Å². The molecule has 39 heavy (non-hydrogen) atoms. The van der Waals surface area contributed by atoms with Gasteiger partial charge in [0.1, 0.15) is 23.4 Å². The summed E-state index contributed by atoms with van der Waals surface area (Å²) >= 11 is 0. The number of nitrogens with zero attached hydrogens (tertiary/aromatic N) is 1. The third-order valence-electron chi connectivity index (χ3n) is 6.75. The van der Waals surface area contributed by atoms with E-state index in [4.69, 9.17) is 10.5 Å². The number of primary amides is 1. The summed E-state index contributed by atoms with van der Waals surface area (Å²) in [5.41, 5.74) is 5.69. The van der Waals surface area contributed by atoms with Crippen molar-refractivity contribution >= 4 is 23.8 Å². The van der Waals surface area contributed by atoms with E-state index in [-0.39, 0.29) is 37.1 Å². The number of phenolic OH excluding ortho intramolecular Hbond substituents is 1. The molecule has 1 aliphatic rings. The molecule has 10 nitrogen and oxygen atoms in total. The predicted molar refractivity (Wildman–Crippen MR) is 149 cm³/mol. The van der Waals surface area contributed by atoms with E-state index in [1.165, 1.54) is 11.0 Å². The van der Waals surface area contributed by atoms with Crippen LogP contribution in [0, 0.1) is 6.92 Å². The quantitative estimate of drug-likeness (QED) is 0.311. The van der Waals surface area contributed by atoms with Crippen molar-refractivity contribution in [3.05, 3.63) is 29.3 Å². The van der Waals surface area contributed by atoms with Gasteiger partial charge in [-0.1, -0.05) is 38.7 Å². The molecule has 0 aromatic heterocycles. The van der Waals surface area contributed by atoms with Crippen molar-refractivity contribution in [3.8, 4) is 5.75 Å². The van der Waals surface area contributed by atoms with Gasteiger partial charge in [-0.05, 0) is 76.6 Å². The predicted octanol–water partition coefficient (Wildman–Crippen LogP) is 3.98. The molecule has 1 aromatic carbocycles. The Hall–Kier alpha value is -3.30.